The Labute approximate surface area is 121 Å². The quantitative estimate of drug-likeness (QED) is 0.667. The Morgan fingerprint density at radius 2 is 1.81 bits per heavy atom. The molecule has 0 radical (unpaired) electrons. The molecule has 6 nitrogen and oxygen atoms in total. The van der Waals surface area contributed by atoms with E-state index in [4.69, 9.17) is 5.11 Å². The van der Waals surface area contributed by atoms with Crippen molar-refractivity contribution in [2.75, 3.05) is 0 Å². The van der Waals surface area contributed by atoms with Gasteiger partial charge in [0.25, 0.3) is 0 Å². The Bertz CT molecular complexity index is 610. The van der Waals surface area contributed by atoms with E-state index in [1.165, 1.54) is 17.2 Å². The molecule has 1 saturated heterocycles. The lowest BCUT2D eigenvalue weighted by atomic mass is 9.85. The van der Waals surface area contributed by atoms with Crippen LogP contribution in [-0.2, 0) is 16.1 Å². The lowest BCUT2D eigenvalue weighted by Gasteiger charge is -2.14. The van der Waals surface area contributed by atoms with Gasteiger partial charge >= 0.3 is 5.97 Å². The highest BCUT2D eigenvalue weighted by atomic mass is 16.4. The number of carbonyl (C=O) groups excluding carboxylic acids is 2. The van der Waals surface area contributed by atoms with Crippen LogP contribution in [0.2, 0.25) is 0 Å². The number of amides is 2. The molecular formula is C15H14N2O4. The van der Waals surface area contributed by atoms with Crippen molar-refractivity contribution in [1.82, 2.24) is 9.88 Å². The van der Waals surface area contributed by atoms with Gasteiger partial charge in [-0.2, -0.15) is 0 Å². The molecular weight excluding hydrogens is 272 g/mol. The first kappa shape index (κ1) is 13.5. The highest BCUT2D eigenvalue weighted by molar-refractivity contribution is 6.05. The molecule has 1 aliphatic carbocycles. The van der Waals surface area contributed by atoms with Crippen LogP contribution in [0, 0.1) is 11.8 Å². The van der Waals surface area contributed by atoms with Crippen molar-refractivity contribution in [2.24, 2.45) is 11.8 Å². The molecule has 2 amide bonds. The molecule has 0 aromatic carbocycles. The van der Waals surface area contributed by atoms with Gasteiger partial charge in [-0.3, -0.25) is 14.5 Å². The van der Waals surface area contributed by atoms with Crippen LogP contribution < -0.4 is 0 Å². The Balaban J connectivity index is 1.77. The van der Waals surface area contributed by atoms with Crippen molar-refractivity contribution >= 4 is 17.8 Å². The second-order valence-corrected chi connectivity index (χ2v) is 5.28. The summed E-state index contributed by atoms with van der Waals surface area (Å²) in [5.41, 5.74) is 0.587. The summed E-state index contributed by atoms with van der Waals surface area (Å²) in [6, 6.07) is 2.95. The zero-order chi connectivity index (χ0) is 15.0. The minimum absolute atomic E-state index is 0.0595. The van der Waals surface area contributed by atoms with Gasteiger partial charge in [0, 0.05) is 6.20 Å². The summed E-state index contributed by atoms with van der Waals surface area (Å²) in [5, 5.41) is 8.80. The van der Waals surface area contributed by atoms with Crippen LogP contribution in [0.1, 0.15) is 28.9 Å². The Morgan fingerprint density at radius 3 is 2.29 bits per heavy atom. The predicted octanol–water partition coefficient (Wildman–Crippen LogP) is 1.23. The van der Waals surface area contributed by atoms with Crippen LogP contribution in [0.25, 0.3) is 0 Å². The Hall–Kier alpha value is -2.50. The van der Waals surface area contributed by atoms with Crippen molar-refractivity contribution in [3.63, 3.8) is 0 Å². The molecule has 0 spiro atoms. The Kier molecular flexibility index (Phi) is 3.29. The van der Waals surface area contributed by atoms with Gasteiger partial charge in [0.2, 0.25) is 11.8 Å². The third-order valence-electron chi connectivity index (χ3n) is 3.98. The van der Waals surface area contributed by atoms with Crippen molar-refractivity contribution in [2.45, 2.75) is 19.4 Å². The number of hydrogen-bond donors (Lipinski definition) is 1. The van der Waals surface area contributed by atoms with Crippen LogP contribution in [0.5, 0.6) is 0 Å². The van der Waals surface area contributed by atoms with Crippen LogP contribution in [-0.4, -0.2) is 32.8 Å². The molecule has 1 aliphatic heterocycles. The summed E-state index contributed by atoms with van der Waals surface area (Å²) < 4.78 is 0. The average Bonchev–Trinajstić information content (AvgIpc) is 2.73. The van der Waals surface area contributed by atoms with Gasteiger partial charge in [-0.25, -0.2) is 9.78 Å². The van der Waals surface area contributed by atoms with Gasteiger partial charge < -0.3 is 5.11 Å². The predicted molar refractivity (Wildman–Crippen MR) is 72.1 cm³/mol. The highest BCUT2D eigenvalue weighted by Gasteiger charge is 2.46. The van der Waals surface area contributed by atoms with E-state index in [1.54, 1.807) is 6.07 Å². The number of aromatic carboxylic acids is 1. The molecule has 1 aromatic heterocycles. The molecule has 2 aliphatic rings. The topological polar surface area (TPSA) is 87.6 Å². The van der Waals surface area contributed by atoms with Crippen LogP contribution in [0.3, 0.4) is 0 Å². The molecule has 0 bridgehead atoms. The number of rotatable bonds is 3. The fourth-order valence-corrected chi connectivity index (χ4v) is 2.85. The lowest BCUT2D eigenvalue weighted by molar-refractivity contribution is -0.140. The lowest BCUT2D eigenvalue weighted by Crippen LogP contribution is -2.30. The number of nitrogens with zero attached hydrogens (tertiary/aromatic N) is 2. The first-order chi connectivity index (χ1) is 10.1. The molecule has 1 fully saturated rings. The number of allylic oxidation sites excluding steroid dienone is 2. The van der Waals surface area contributed by atoms with E-state index in [9.17, 15) is 14.4 Å². The first-order valence-corrected chi connectivity index (χ1v) is 6.76. The third kappa shape index (κ3) is 2.33. The molecule has 1 N–H and O–H groups in total. The fraction of sp³-hybridized carbons (Fsp3) is 0.333. The van der Waals surface area contributed by atoms with Crippen molar-refractivity contribution in [1.29, 1.82) is 0 Å². The van der Waals surface area contributed by atoms with Gasteiger partial charge in [0.1, 0.15) is 5.69 Å². The van der Waals surface area contributed by atoms with Gasteiger partial charge in [-0.15, -0.1) is 0 Å². The molecule has 6 heteroatoms. The zero-order valence-electron chi connectivity index (χ0n) is 11.2. The molecule has 1 aromatic rings. The van der Waals surface area contributed by atoms with Crippen molar-refractivity contribution in [3.8, 4) is 0 Å². The molecule has 108 valence electrons. The van der Waals surface area contributed by atoms with Gasteiger partial charge in [-0.1, -0.05) is 18.2 Å². The summed E-state index contributed by atoms with van der Waals surface area (Å²) in [6.07, 6.45) is 6.51. The number of fused-ring (bicyclic) bond motifs is 1. The third-order valence-corrected chi connectivity index (χ3v) is 3.98. The van der Waals surface area contributed by atoms with Gasteiger partial charge in [-0.05, 0) is 24.5 Å². The van der Waals surface area contributed by atoms with Crippen LogP contribution in [0.15, 0.2) is 30.5 Å². The average molecular weight is 286 g/mol. The van der Waals surface area contributed by atoms with E-state index in [2.05, 4.69) is 4.98 Å². The number of imide groups is 1. The zero-order valence-corrected chi connectivity index (χ0v) is 11.2. The van der Waals surface area contributed by atoms with Crippen molar-refractivity contribution < 1.29 is 19.5 Å². The molecule has 2 atom stereocenters. The number of hydrogen-bond acceptors (Lipinski definition) is 4. The molecule has 0 saturated carbocycles. The van der Waals surface area contributed by atoms with Gasteiger partial charge in [0.15, 0.2) is 0 Å². The van der Waals surface area contributed by atoms with E-state index in [0.717, 1.165) is 0 Å². The minimum atomic E-state index is -1.10. The molecule has 2 unspecified atom stereocenters. The van der Waals surface area contributed by atoms with E-state index in [1.807, 2.05) is 12.2 Å². The number of aromatic nitrogens is 1. The van der Waals surface area contributed by atoms with E-state index >= 15 is 0 Å². The number of likely N-dealkylation sites (tertiary alicyclic amines) is 1. The number of pyridine rings is 1. The minimum Gasteiger partial charge on any atom is -0.477 e. The van der Waals surface area contributed by atoms with Crippen LogP contribution in [0.4, 0.5) is 0 Å². The number of carbonyl (C=O) groups is 3. The maximum atomic E-state index is 12.3. The van der Waals surface area contributed by atoms with E-state index in [-0.39, 0.29) is 35.9 Å². The molecule has 2 heterocycles. The summed E-state index contributed by atoms with van der Waals surface area (Å²) >= 11 is 0. The van der Waals surface area contributed by atoms with Crippen molar-refractivity contribution in [3.05, 3.63) is 41.7 Å². The number of carboxylic acid groups (broad SMARTS) is 1. The highest BCUT2D eigenvalue weighted by Crippen LogP contribution is 2.35. The largest absolute Gasteiger partial charge is 0.477 e. The van der Waals surface area contributed by atoms with Gasteiger partial charge in [0.05, 0.1) is 18.4 Å². The van der Waals surface area contributed by atoms with Crippen LogP contribution >= 0.6 is 0 Å². The summed E-state index contributed by atoms with van der Waals surface area (Å²) in [5.74, 6) is -1.87. The SMILES string of the molecule is O=C(O)c1ccc(CN2C(=O)C3CC=CCC3C2=O)cn1. The monoisotopic (exact) mass is 286 g/mol. The summed E-state index contributed by atoms with van der Waals surface area (Å²) in [4.78, 5) is 40.4. The second-order valence-electron chi connectivity index (χ2n) is 5.28. The smallest absolute Gasteiger partial charge is 0.354 e. The second kappa shape index (κ2) is 5.12. The Morgan fingerprint density at radius 1 is 1.19 bits per heavy atom. The fourth-order valence-electron chi connectivity index (χ4n) is 2.85. The summed E-state index contributed by atoms with van der Waals surface area (Å²) in [7, 11) is 0. The van der Waals surface area contributed by atoms with E-state index < -0.39 is 5.97 Å². The first-order valence-electron chi connectivity index (χ1n) is 6.76. The number of carboxylic acids is 1. The summed E-state index contributed by atoms with van der Waals surface area (Å²) in [6.45, 7) is 0.150. The maximum Gasteiger partial charge on any atom is 0.354 e. The standard InChI is InChI=1S/C15H14N2O4/c18-13-10-3-1-2-4-11(10)14(19)17(13)8-9-5-6-12(15(20)21)16-7-9/h1-2,5-7,10-11H,3-4,8H2,(H,20,21). The van der Waals surface area contributed by atoms with E-state index in [0.29, 0.717) is 18.4 Å². The normalized spacial score (nSPS) is 24.3. The maximum absolute atomic E-state index is 12.3. The molecule has 3 rings (SSSR count). The molecule has 21 heavy (non-hydrogen) atoms.